The number of alkyl halides is 3. The second kappa shape index (κ2) is 10.6. The molecule has 2 fully saturated rings. The van der Waals surface area contributed by atoms with Gasteiger partial charge in [0.2, 0.25) is 5.91 Å². The topological polar surface area (TPSA) is 65.8 Å². The summed E-state index contributed by atoms with van der Waals surface area (Å²) >= 11 is 0. The molecule has 1 spiro atoms. The number of allylic oxidation sites excluding steroid dienone is 2. The summed E-state index contributed by atoms with van der Waals surface area (Å²) in [5, 5.41) is 9.08. The minimum atomic E-state index is -4.58. The predicted octanol–water partition coefficient (Wildman–Crippen LogP) is 4.25. The van der Waals surface area contributed by atoms with Crippen molar-refractivity contribution in [2.75, 3.05) is 58.0 Å². The Balaban J connectivity index is 1.47. The second-order valence-electron chi connectivity index (χ2n) is 9.81. The van der Waals surface area contributed by atoms with Crippen LogP contribution in [-0.2, 0) is 20.4 Å². The van der Waals surface area contributed by atoms with Gasteiger partial charge in [-0.25, -0.2) is 0 Å². The molecule has 3 aliphatic rings. The summed E-state index contributed by atoms with van der Waals surface area (Å²) in [5.41, 5.74) is -0.911. The first-order valence-corrected chi connectivity index (χ1v) is 12.1. The summed E-state index contributed by atoms with van der Waals surface area (Å²) in [4.78, 5) is 17.1. The maximum absolute atomic E-state index is 13.5. The van der Waals surface area contributed by atoms with E-state index in [1.165, 1.54) is 6.07 Å². The van der Waals surface area contributed by atoms with Gasteiger partial charge < -0.3 is 19.3 Å². The zero-order valence-corrected chi connectivity index (χ0v) is 20.0. The molecule has 1 aliphatic carbocycles. The average Bonchev–Trinajstić information content (AvgIpc) is 3.50. The van der Waals surface area contributed by atoms with Crippen LogP contribution in [0.3, 0.4) is 0 Å². The lowest BCUT2D eigenvalue weighted by molar-refractivity contribution is -0.137. The smallest absolute Gasteiger partial charge is 0.382 e. The van der Waals surface area contributed by atoms with E-state index in [2.05, 4.69) is 12.2 Å². The quantitative estimate of drug-likeness (QED) is 0.422. The Kier molecular flexibility index (Phi) is 7.72. The van der Waals surface area contributed by atoms with Crippen molar-refractivity contribution in [1.29, 1.82) is 5.26 Å². The second-order valence-corrected chi connectivity index (χ2v) is 9.81. The first-order valence-electron chi connectivity index (χ1n) is 12.1. The van der Waals surface area contributed by atoms with E-state index < -0.39 is 11.7 Å². The van der Waals surface area contributed by atoms with Crippen LogP contribution >= 0.6 is 0 Å². The van der Waals surface area contributed by atoms with Gasteiger partial charge in [0.25, 0.3) is 0 Å². The molecule has 0 N–H and O–H groups in total. The number of benzene rings is 1. The number of anilines is 1. The van der Waals surface area contributed by atoms with Crippen LogP contribution < -0.4 is 4.90 Å². The minimum Gasteiger partial charge on any atom is -0.382 e. The number of likely N-dealkylation sites (tertiary alicyclic amines) is 1. The maximum atomic E-state index is 13.5. The number of methoxy groups -OCH3 is 1. The fourth-order valence-corrected chi connectivity index (χ4v) is 5.71. The van der Waals surface area contributed by atoms with Crippen molar-refractivity contribution in [3.05, 3.63) is 41.5 Å². The number of nitrogens with zero attached hydrogens (tertiary/aromatic N) is 3. The van der Waals surface area contributed by atoms with Gasteiger partial charge in [0.1, 0.15) is 0 Å². The van der Waals surface area contributed by atoms with Crippen LogP contribution in [0.5, 0.6) is 0 Å². The summed E-state index contributed by atoms with van der Waals surface area (Å²) in [7, 11) is 1.62. The Morgan fingerprint density at radius 2 is 1.91 bits per heavy atom. The maximum Gasteiger partial charge on any atom is 0.417 e. The molecule has 1 aromatic carbocycles. The Labute approximate surface area is 204 Å². The fourth-order valence-electron chi connectivity index (χ4n) is 5.71. The Hall–Kier alpha value is -2.57. The van der Waals surface area contributed by atoms with Gasteiger partial charge in [-0.3, -0.25) is 4.79 Å². The van der Waals surface area contributed by atoms with Gasteiger partial charge in [0.05, 0.1) is 37.0 Å². The molecule has 9 heteroatoms. The van der Waals surface area contributed by atoms with Crippen molar-refractivity contribution in [1.82, 2.24) is 4.90 Å². The summed E-state index contributed by atoms with van der Waals surface area (Å²) in [6, 6.07) is 5.57. The van der Waals surface area contributed by atoms with Gasteiger partial charge in [-0.1, -0.05) is 12.2 Å². The lowest BCUT2D eigenvalue weighted by atomic mass is 9.71. The Morgan fingerprint density at radius 1 is 1.20 bits per heavy atom. The Morgan fingerprint density at radius 3 is 2.54 bits per heavy atom. The van der Waals surface area contributed by atoms with E-state index in [9.17, 15) is 18.0 Å². The SMILES string of the molecule is COCCOCC1CN(C(=O)C2CC=CC2)CC12CCN(c1ccc(C#N)c(C(F)(F)F)c1)CC2. The molecule has 4 rings (SSSR count). The third kappa shape index (κ3) is 5.49. The number of halogens is 3. The number of piperidine rings is 1. The van der Waals surface area contributed by atoms with Crippen LogP contribution in [-0.4, -0.2) is 63.9 Å². The van der Waals surface area contributed by atoms with Gasteiger partial charge in [0, 0.05) is 50.8 Å². The molecular formula is C26H32F3N3O3. The monoisotopic (exact) mass is 491 g/mol. The third-order valence-electron chi connectivity index (χ3n) is 7.79. The molecule has 190 valence electrons. The summed E-state index contributed by atoms with van der Waals surface area (Å²) in [6.07, 6.45) is 2.63. The van der Waals surface area contributed by atoms with E-state index in [4.69, 9.17) is 14.7 Å². The third-order valence-corrected chi connectivity index (χ3v) is 7.79. The van der Waals surface area contributed by atoms with E-state index in [0.717, 1.165) is 31.7 Å². The zero-order valence-electron chi connectivity index (χ0n) is 20.0. The number of carbonyl (C=O) groups is 1. The summed E-state index contributed by atoms with van der Waals surface area (Å²) in [6.45, 7) is 4.01. The molecule has 1 atom stereocenters. The van der Waals surface area contributed by atoms with E-state index in [0.29, 0.717) is 51.7 Å². The molecule has 0 radical (unpaired) electrons. The van der Waals surface area contributed by atoms with E-state index in [-0.39, 0.29) is 28.7 Å². The van der Waals surface area contributed by atoms with E-state index in [1.807, 2.05) is 9.80 Å². The highest BCUT2D eigenvalue weighted by Gasteiger charge is 2.50. The average molecular weight is 492 g/mol. The molecule has 35 heavy (non-hydrogen) atoms. The first-order chi connectivity index (χ1) is 16.8. The highest BCUT2D eigenvalue weighted by atomic mass is 19.4. The van der Waals surface area contributed by atoms with Crippen LogP contribution in [0.1, 0.15) is 36.8 Å². The van der Waals surface area contributed by atoms with Crippen molar-refractivity contribution < 1.29 is 27.4 Å². The van der Waals surface area contributed by atoms with Crippen LogP contribution in [0.25, 0.3) is 0 Å². The lowest BCUT2D eigenvalue weighted by Gasteiger charge is -2.43. The van der Waals surface area contributed by atoms with Crippen LogP contribution in [0.4, 0.5) is 18.9 Å². The van der Waals surface area contributed by atoms with Crippen molar-refractivity contribution in [3.63, 3.8) is 0 Å². The van der Waals surface area contributed by atoms with E-state index >= 15 is 0 Å². The predicted molar refractivity (Wildman–Crippen MR) is 125 cm³/mol. The van der Waals surface area contributed by atoms with Crippen molar-refractivity contribution in [3.8, 4) is 6.07 Å². The van der Waals surface area contributed by atoms with Gasteiger partial charge >= 0.3 is 6.18 Å². The number of hydrogen-bond donors (Lipinski definition) is 0. The largest absolute Gasteiger partial charge is 0.417 e. The summed E-state index contributed by atoms with van der Waals surface area (Å²) in [5.74, 6) is 0.379. The Bertz CT molecular complexity index is 972. The first kappa shape index (κ1) is 25.5. The standard InChI is InChI=1S/C26H32F3N3O3/c1-34-12-13-35-17-21-16-32(24(33)19-4-2-3-5-19)18-25(21)8-10-31(11-9-25)22-7-6-20(15-30)23(14-22)26(27,28)29/h2-3,6-7,14,19,21H,4-5,8-13,16-18H2,1H3. The van der Waals surface area contributed by atoms with Gasteiger partial charge in [-0.05, 0) is 49.3 Å². The van der Waals surface area contributed by atoms with Gasteiger partial charge in [0.15, 0.2) is 0 Å². The molecule has 2 heterocycles. The number of nitriles is 1. The van der Waals surface area contributed by atoms with Crippen LogP contribution in [0.2, 0.25) is 0 Å². The van der Waals surface area contributed by atoms with Gasteiger partial charge in [-0.15, -0.1) is 0 Å². The lowest BCUT2D eigenvalue weighted by Crippen LogP contribution is -2.46. The van der Waals surface area contributed by atoms with Gasteiger partial charge in [-0.2, -0.15) is 18.4 Å². The minimum absolute atomic E-state index is 0.0136. The van der Waals surface area contributed by atoms with Crippen molar-refractivity contribution in [2.45, 2.75) is 31.9 Å². The highest BCUT2D eigenvalue weighted by Crippen LogP contribution is 2.46. The molecule has 0 bridgehead atoms. The van der Waals surface area contributed by atoms with E-state index in [1.54, 1.807) is 19.2 Å². The molecule has 0 aromatic heterocycles. The molecule has 1 aromatic rings. The molecule has 0 saturated carbocycles. The summed E-state index contributed by atoms with van der Waals surface area (Å²) < 4.78 is 51.3. The molecule has 1 amide bonds. The fraction of sp³-hybridized carbons (Fsp3) is 0.615. The number of hydrogen-bond acceptors (Lipinski definition) is 5. The number of rotatable bonds is 7. The van der Waals surface area contributed by atoms with Crippen molar-refractivity contribution in [2.24, 2.45) is 17.3 Å². The number of carbonyl (C=O) groups excluding carboxylic acids is 1. The van der Waals surface area contributed by atoms with Crippen LogP contribution in [0, 0.1) is 28.6 Å². The highest BCUT2D eigenvalue weighted by molar-refractivity contribution is 5.80. The molecule has 6 nitrogen and oxygen atoms in total. The van der Waals surface area contributed by atoms with Crippen LogP contribution in [0.15, 0.2) is 30.4 Å². The van der Waals surface area contributed by atoms with Crippen molar-refractivity contribution >= 4 is 11.6 Å². The molecular weight excluding hydrogens is 459 g/mol. The molecule has 1 unspecified atom stereocenters. The number of ether oxygens (including phenoxy) is 2. The normalized spacial score (nSPS) is 22.2. The number of amides is 1. The molecule has 2 saturated heterocycles. The zero-order chi connectivity index (χ0) is 25.1. The molecule has 2 aliphatic heterocycles.